The summed E-state index contributed by atoms with van der Waals surface area (Å²) in [5, 5.41) is 3.34. The van der Waals surface area contributed by atoms with Gasteiger partial charge in [0.05, 0.1) is 5.37 Å². The normalized spacial score (nSPS) is 20.7. The minimum Gasteiger partial charge on any atom is -0.340 e. The molecule has 0 aliphatic carbocycles. The number of amides is 1. The number of carbonyl (C=O) groups excluding carboxylic acids is 1. The Morgan fingerprint density at radius 2 is 2.14 bits per heavy atom. The Bertz CT molecular complexity index is 306. The lowest BCUT2D eigenvalue weighted by atomic mass is 10.2. The van der Waals surface area contributed by atoms with Crippen molar-refractivity contribution in [1.82, 2.24) is 5.32 Å². The van der Waals surface area contributed by atoms with Crippen LogP contribution in [0.15, 0.2) is 30.3 Å². The third-order valence-corrected chi connectivity index (χ3v) is 3.54. The van der Waals surface area contributed by atoms with Crippen molar-refractivity contribution >= 4 is 17.7 Å². The molecule has 0 radical (unpaired) electrons. The molecule has 2 rings (SSSR count). The highest BCUT2D eigenvalue weighted by molar-refractivity contribution is 8.00. The first-order valence-electron chi connectivity index (χ1n) is 4.84. The Labute approximate surface area is 88.1 Å². The van der Waals surface area contributed by atoms with E-state index in [0.717, 1.165) is 12.0 Å². The molecule has 1 aliphatic heterocycles. The predicted octanol–water partition coefficient (Wildman–Crippen LogP) is 2.27. The second-order valence-corrected chi connectivity index (χ2v) is 4.65. The summed E-state index contributed by atoms with van der Waals surface area (Å²) in [5.74, 6) is 1.21. The fourth-order valence-electron chi connectivity index (χ4n) is 1.51. The second kappa shape index (κ2) is 4.51. The van der Waals surface area contributed by atoms with Crippen LogP contribution in [0.25, 0.3) is 0 Å². The van der Waals surface area contributed by atoms with Crippen molar-refractivity contribution in [2.24, 2.45) is 0 Å². The third kappa shape index (κ3) is 2.29. The molecule has 0 aromatic heterocycles. The van der Waals surface area contributed by atoms with Crippen LogP contribution in [0.2, 0.25) is 0 Å². The molecule has 1 atom stereocenters. The summed E-state index contributed by atoms with van der Waals surface area (Å²) < 4.78 is 0. The van der Waals surface area contributed by atoms with Gasteiger partial charge in [-0.3, -0.25) is 4.79 Å². The Hall–Kier alpha value is -0.960. The van der Waals surface area contributed by atoms with E-state index in [-0.39, 0.29) is 5.91 Å². The van der Waals surface area contributed by atoms with Crippen LogP contribution >= 0.6 is 11.8 Å². The maximum absolute atomic E-state index is 11.7. The summed E-state index contributed by atoms with van der Waals surface area (Å²) in [6, 6.07) is 9.37. The lowest BCUT2D eigenvalue weighted by Gasteiger charge is -2.10. The average Bonchev–Trinajstić information content (AvgIpc) is 2.72. The van der Waals surface area contributed by atoms with Gasteiger partial charge in [0.15, 0.2) is 0 Å². The van der Waals surface area contributed by atoms with Crippen molar-refractivity contribution in [2.75, 3.05) is 5.75 Å². The second-order valence-electron chi connectivity index (χ2n) is 3.34. The van der Waals surface area contributed by atoms with Gasteiger partial charge in [-0.1, -0.05) is 18.2 Å². The summed E-state index contributed by atoms with van der Waals surface area (Å²) in [5.41, 5.74) is 0.750. The molecule has 1 heterocycles. The number of carbonyl (C=O) groups is 1. The molecule has 3 heteroatoms. The lowest BCUT2D eigenvalue weighted by Crippen LogP contribution is -2.30. The van der Waals surface area contributed by atoms with E-state index in [1.165, 1.54) is 12.2 Å². The van der Waals surface area contributed by atoms with Crippen LogP contribution in [0.5, 0.6) is 0 Å². The molecule has 74 valence electrons. The summed E-state index contributed by atoms with van der Waals surface area (Å²) in [6.07, 6.45) is 2.31. The van der Waals surface area contributed by atoms with Gasteiger partial charge >= 0.3 is 0 Å². The van der Waals surface area contributed by atoms with Crippen molar-refractivity contribution < 1.29 is 4.79 Å². The third-order valence-electron chi connectivity index (χ3n) is 2.26. The zero-order valence-electron chi connectivity index (χ0n) is 7.90. The van der Waals surface area contributed by atoms with Crippen LogP contribution in [0.3, 0.4) is 0 Å². The Kier molecular flexibility index (Phi) is 3.09. The van der Waals surface area contributed by atoms with Gasteiger partial charge in [0.25, 0.3) is 5.91 Å². The van der Waals surface area contributed by atoms with Crippen molar-refractivity contribution in [2.45, 2.75) is 18.2 Å². The van der Waals surface area contributed by atoms with Crippen molar-refractivity contribution in [3.63, 3.8) is 0 Å². The lowest BCUT2D eigenvalue weighted by molar-refractivity contribution is 0.0949. The topological polar surface area (TPSA) is 29.1 Å². The Morgan fingerprint density at radius 3 is 2.79 bits per heavy atom. The average molecular weight is 207 g/mol. The molecule has 14 heavy (non-hydrogen) atoms. The zero-order valence-corrected chi connectivity index (χ0v) is 8.72. The quantitative estimate of drug-likeness (QED) is 0.806. The molecule has 1 aromatic carbocycles. The standard InChI is InChI=1S/C11H13NOS/c13-11(9-5-2-1-3-6-9)12-10-7-4-8-14-10/h1-3,5-6,10H,4,7-8H2,(H,12,13). The molecule has 0 saturated carbocycles. The van der Waals surface area contributed by atoms with Crippen LogP contribution in [0.4, 0.5) is 0 Å². The highest BCUT2D eigenvalue weighted by Crippen LogP contribution is 2.23. The summed E-state index contributed by atoms with van der Waals surface area (Å²) in [4.78, 5) is 11.7. The van der Waals surface area contributed by atoms with E-state index >= 15 is 0 Å². The number of nitrogens with one attached hydrogen (secondary N) is 1. The van der Waals surface area contributed by atoms with Gasteiger partial charge in [0, 0.05) is 5.56 Å². The van der Waals surface area contributed by atoms with Crippen LogP contribution in [0.1, 0.15) is 23.2 Å². The molecular weight excluding hydrogens is 194 g/mol. The minimum atomic E-state index is 0.0463. The Balaban J connectivity index is 1.95. The molecular formula is C11H13NOS. The first-order chi connectivity index (χ1) is 6.86. The summed E-state index contributed by atoms with van der Waals surface area (Å²) in [6.45, 7) is 0. The van der Waals surface area contributed by atoms with Crippen LogP contribution in [0, 0.1) is 0 Å². The SMILES string of the molecule is O=C(NC1CCCS1)c1ccccc1. The van der Waals surface area contributed by atoms with Gasteiger partial charge in [0.1, 0.15) is 0 Å². The van der Waals surface area contributed by atoms with Crippen molar-refractivity contribution in [3.05, 3.63) is 35.9 Å². The van der Waals surface area contributed by atoms with E-state index in [1.807, 2.05) is 42.1 Å². The van der Waals surface area contributed by atoms with Crippen LogP contribution < -0.4 is 5.32 Å². The number of rotatable bonds is 2. The molecule has 1 amide bonds. The van der Waals surface area contributed by atoms with Gasteiger partial charge in [-0.15, -0.1) is 11.8 Å². The summed E-state index contributed by atoms with van der Waals surface area (Å²) in [7, 11) is 0. The molecule has 1 aromatic rings. The smallest absolute Gasteiger partial charge is 0.252 e. The highest BCUT2D eigenvalue weighted by Gasteiger charge is 2.17. The van der Waals surface area contributed by atoms with Gasteiger partial charge in [-0.25, -0.2) is 0 Å². The molecule has 1 fully saturated rings. The van der Waals surface area contributed by atoms with Crippen LogP contribution in [-0.4, -0.2) is 17.0 Å². The van der Waals surface area contributed by atoms with E-state index < -0.39 is 0 Å². The van der Waals surface area contributed by atoms with E-state index in [1.54, 1.807) is 0 Å². The molecule has 2 nitrogen and oxygen atoms in total. The van der Waals surface area contributed by atoms with E-state index in [4.69, 9.17) is 0 Å². The van der Waals surface area contributed by atoms with Gasteiger partial charge in [0.2, 0.25) is 0 Å². The first-order valence-corrected chi connectivity index (χ1v) is 5.88. The van der Waals surface area contributed by atoms with Crippen molar-refractivity contribution in [3.8, 4) is 0 Å². The highest BCUT2D eigenvalue weighted by atomic mass is 32.2. The molecule has 1 unspecified atom stereocenters. The van der Waals surface area contributed by atoms with Gasteiger partial charge < -0.3 is 5.32 Å². The molecule has 1 N–H and O–H groups in total. The van der Waals surface area contributed by atoms with Gasteiger partial charge in [-0.2, -0.15) is 0 Å². The van der Waals surface area contributed by atoms with Gasteiger partial charge in [-0.05, 0) is 30.7 Å². The van der Waals surface area contributed by atoms with Crippen LogP contribution in [-0.2, 0) is 0 Å². The molecule has 1 saturated heterocycles. The largest absolute Gasteiger partial charge is 0.340 e. The van der Waals surface area contributed by atoms with E-state index in [0.29, 0.717) is 5.37 Å². The van der Waals surface area contributed by atoms with E-state index in [2.05, 4.69) is 5.32 Å². The number of benzene rings is 1. The zero-order chi connectivity index (χ0) is 9.80. The number of hydrogen-bond donors (Lipinski definition) is 1. The predicted molar refractivity (Wildman–Crippen MR) is 59.4 cm³/mol. The van der Waals surface area contributed by atoms with Crippen molar-refractivity contribution in [1.29, 1.82) is 0 Å². The fourth-order valence-corrected chi connectivity index (χ4v) is 2.65. The van der Waals surface area contributed by atoms with E-state index in [9.17, 15) is 4.79 Å². The minimum absolute atomic E-state index is 0.0463. The molecule has 1 aliphatic rings. The Morgan fingerprint density at radius 1 is 1.36 bits per heavy atom. The maximum Gasteiger partial charge on any atom is 0.252 e. The number of hydrogen-bond acceptors (Lipinski definition) is 2. The fraction of sp³-hybridized carbons (Fsp3) is 0.364. The molecule has 0 bridgehead atoms. The maximum atomic E-state index is 11.7. The number of thioether (sulfide) groups is 1. The molecule has 0 spiro atoms. The summed E-state index contributed by atoms with van der Waals surface area (Å²) >= 11 is 1.83. The first kappa shape index (κ1) is 9.59. The monoisotopic (exact) mass is 207 g/mol.